The third-order valence-corrected chi connectivity index (χ3v) is 2.78. The number of aromatic nitrogens is 2. The second kappa shape index (κ2) is 3.69. The second-order valence-corrected chi connectivity index (χ2v) is 4.22. The number of hydrogen-bond donors (Lipinski definition) is 2. The molecule has 0 atom stereocenters. The van der Waals surface area contributed by atoms with Crippen LogP contribution in [0.1, 0.15) is 23.2 Å². The van der Waals surface area contributed by atoms with Crippen molar-refractivity contribution in [3.8, 4) is 0 Å². The van der Waals surface area contributed by atoms with Gasteiger partial charge >= 0.3 is 0 Å². The molecule has 1 amide bonds. The van der Waals surface area contributed by atoms with Gasteiger partial charge in [-0.2, -0.15) is 0 Å². The Labute approximate surface area is 98.1 Å². The fourth-order valence-electron chi connectivity index (χ4n) is 1.69. The van der Waals surface area contributed by atoms with Gasteiger partial charge in [-0.25, -0.2) is 9.97 Å². The largest absolute Gasteiger partial charge is 0.383 e. The van der Waals surface area contributed by atoms with Crippen LogP contribution < -0.4 is 11.1 Å². The van der Waals surface area contributed by atoms with Gasteiger partial charge in [0.2, 0.25) is 0 Å². The molecule has 3 rings (SSSR count). The van der Waals surface area contributed by atoms with E-state index in [2.05, 4.69) is 15.3 Å². The molecule has 2 aromatic rings. The smallest absolute Gasteiger partial charge is 0.255 e. The van der Waals surface area contributed by atoms with E-state index in [-0.39, 0.29) is 11.7 Å². The highest BCUT2D eigenvalue weighted by molar-refractivity contribution is 6.01. The number of carbonyl (C=O) groups excluding carboxylic acids is 1. The Hall–Kier alpha value is -2.17. The summed E-state index contributed by atoms with van der Waals surface area (Å²) in [6.45, 7) is 0. The Bertz CT molecular complexity index is 592. The summed E-state index contributed by atoms with van der Waals surface area (Å²) in [6, 6.07) is 5.72. The maximum atomic E-state index is 11.9. The molecule has 0 aromatic carbocycles. The highest BCUT2D eigenvalue weighted by Gasteiger charge is 2.25. The van der Waals surface area contributed by atoms with E-state index in [0.717, 1.165) is 18.2 Å². The van der Waals surface area contributed by atoms with Gasteiger partial charge < -0.3 is 11.1 Å². The first-order chi connectivity index (χ1) is 8.24. The number of pyridine rings is 2. The molecule has 2 heterocycles. The quantitative estimate of drug-likeness (QED) is 0.806. The van der Waals surface area contributed by atoms with Gasteiger partial charge in [-0.1, -0.05) is 0 Å². The first-order valence-electron chi connectivity index (χ1n) is 5.56. The van der Waals surface area contributed by atoms with E-state index in [1.54, 1.807) is 12.3 Å². The molecule has 0 bridgehead atoms. The number of carbonyl (C=O) groups is 1. The van der Waals surface area contributed by atoms with Crippen molar-refractivity contribution in [2.75, 3.05) is 5.73 Å². The lowest BCUT2D eigenvalue weighted by Crippen LogP contribution is -2.26. The Morgan fingerprint density at radius 2 is 2.29 bits per heavy atom. The molecule has 86 valence electrons. The van der Waals surface area contributed by atoms with Gasteiger partial charge in [0.25, 0.3) is 5.91 Å². The summed E-state index contributed by atoms with van der Waals surface area (Å²) >= 11 is 0. The standard InChI is InChI=1S/C12H12N4O/c13-10-9(12(17)15-8-3-4-8)6-7-2-1-5-14-11(7)16-10/h1-2,5-6,8H,3-4H2,(H,15,17)(H2,13,14,16). The predicted octanol–water partition coefficient (Wildman–Crippen LogP) is 1.10. The highest BCUT2D eigenvalue weighted by Crippen LogP contribution is 2.21. The molecule has 0 unspecified atom stereocenters. The summed E-state index contributed by atoms with van der Waals surface area (Å²) in [6.07, 6.45) is 3.75. The lowest BCUT2D eigenvalue weighted by atomic mass is 10.2. The molecule has 2 aromatic heterocycles. The van der Waals surface area contributed by atoms with Crippen LogP contribution in [0.4, 0.5) is 5.82 Å². The summed E-state index contributed by atoms with van der Waals surface area (Å²) in [5.74, 6) is 0.0811. The lowest BCUT2D eigenvalue weighted by molar-refractivity contribution is 0.0952. The van der Waals surface area contributed by atoms with Gasteiger partial charge in [0, 0.05) is 17.6 Å². The molecule has 0 saturated heterocycles. The number of fused-ring (bicyclic) bond motifs is 1. The van der Waals surface area contributed by atoms with Crippen molar-refractivity contribution in [2.45, 2.75) is 18.9 Å². The van der Waals surface area contributed by atoms with Gasteiger partial charge in [0.05, 0.1) is 5.56 Å². The summed E-state index contributed by atoms with van der Waals surface area (Å²) in [7, 11) is 0. The summed E-state index contributed by atoms with van der Waals surface area (Å²) in [4.78, 5) is 20.1. The normalized spacial score (nSPS) is 14.8. The number of nitrogens with two attached hydrogens (primary N) is 1. The van der Waals surface area contributed by atoms with Gasteiger partial charge in [-0.15, -0.1) is 0 Å². The first-order valence-corrected chi connectivity index (χ1v) is 5.56. The minimum absolute atomic E-state index is 0.150. The lowest BCUT2D eigenvalue weighted by Gasteiger charge is -2.06. The zero-order valence-electron chi connectivity index (χ0n) is 9.18. The Kier molecular flexibility index (Phi) is 2.18. The molecule has 0 spiro atoms. The number of anilines is 1. The number of hydrogen-bond acceptors (Lipinski definition) is 4. The number of nitrogens with zero attached hydrogens (tertiary/aromatic N) is 2. The third-order valence-electron chi connectivity index (χ3n) is 2.78. The van der Waals surface area contributed by atoms with Crippen molar-refractivity contribution >= 4 is 22.8 Å². The summed E-state index contributed by atoms with van der Waals surface area (Å²) in [5, 5.41) is 3.72. The third kappa shape index (κ3) is 1.91. The molecular weight excluding hydrogens is 216 g/mol. The molecule has 5 heteroatoms. The van der Waals surface area contributed by atoms with Crippen molar-refractivity contribution < 1.29 is 4.79 Å². The van der Waals surface area contributed by atoms with E-state index in [9.17, 15) is 4.79 Å². The van der Waals surface area contributed by atoms with Gasteiger partial charge in [0.1, 0.15) is 5.82 Å². The number of amides is 1. The molecule has 1 aliphatic carbocycles. The zero-order valence-corrected chi connectivity index (χ0v) is 9.18. The van der Waals surface area contributed by atoms with Crippen LogP contribution >= 0.6 is 0 Å². The first kappa shape index (κ1) is 10.0. The Balaban J connectivity index is 2.02. The molecule has 0 radical (unpaired) electrons. The average Bonchev–Trinajstić information content (AvgIpc) is 3.12. The fraction of sp³-hybridized carbons (Fsp3) is 0.250. The van der Waals surface area contributed by atoms with Crippen LogP contribution in [0.25, 0.3) is 11.0 Å². The van der Waals surface area contributed by atoms with E-state index < -0.39 is 0 Å². The minimum atomic E-state index is -0.150. The topological polar surface area (TPSA) is 80.9 Å². The predicted molar refractivity (Wildman–Crippen MR) is 64.4 cm³/mol. The van der Waals surface area contributed by atoms with Gasteiger partial charge in [-0.3, -0.25) is 4.79 Å². The van der Waals surface area contributed by atoms with Crippen LogP contribution in [0.2, 0.25) is 0 Å². The van der Waals surface area contributed by atoms with Crippen molar-refractivity contribution in [3.63, 3.8) is 0 Å². The Morgan fingerprint density at radius 3 is 3.06 bits per heavy atom. The van der Waals surface area contributed by atoms with E-state index >= 15 is 0 Å². The van der Waals surface area contributed by atoms with Crippen molar-refractivity contribution in [3.05, 3.63) is 30.0 Å². The molecule has 5 nitrogen and oxygen atoms in total. The van der Waals surface area contributed by atoms with Gasteiger partial charge in [0.15, 0.2) is 5.65 Å². The number of nitrogen functional groups attached to an aromatic ring is 1. The van der Waals surface area contributed by atoms with Crippen molar-refractivity contribution in [2.24, 2.45) is 0 Å². The zero-order chi connectivity index (χ0) is 11.8. The van der Waals surface area contributed by atoms with Crippen molar-refractivity contribution in [1.29, 1.82) is 0 Å². The van der Waals surface area contributed by atoms with E-state index in [4.69, 9.17) is 5.73 Å². The summed E-state index contributed by atoms with van der Waals surface area (Å²) in [5.41, 5.74) is 6.76. The van der Waals surface area contributed by atoms with E-state index in [1.165, 1.54) is 0 Å². The van der Waals surface area contributed by atoms with Crippen molar-refractivity contribution in [1.82, 2.24) is 15.3 Å². The number of rotatable bonds is 2. The van der Waals surface area contributed by atoms with Crippen LogP contribution in [-0.4, -0.2) is 21.9 Å². The van der Waals surface area contributed by atoms with Crippen LogP contribution in [0.15, 0.2) is 24.4 Å². The van der Waals surface area contributed by atoms with Crippen LogP contribution in [-0.2, 0) is 0 Å². The highest BCUT2D eigenvalue weighted by atomic mass is 16.1. The van der Waals surface area contributed by atoms with Gasteiger partial charge in [-0.05, 0) is 31.0 Å². The monoisotopic (exact) mass is 228 g/mol. The minimum Gasteiger partial charge on any atom is -0.383 e. The second-order valence-electron chi connectivity index (χ2n) is 4.22. The molecule has 0 aliphatic heterocycles. The molecule has 1 saturated carbocycles. The maximum absolute atomic E-state index is 11.9. The average molecular weight is 228 g/mol. The fourth-order valence-corrected chi connectivity index (χ4v) is 1.69. The van der Waals surface area contributed by atoms with E-state index in [0.29, 0.717) is 17.3 Å². The SMILES string of the molecule is Nc1nc2ncccc2cc1C(=O)NC1CC1. The molecule has 1 aliphatic rings. The van der Waals surface area contributed by atoms with E-state index in [1.807, 2.05) is 12.1 Å². The molecular formula is C12H12N4O. The maximum Gasteiger partial charge on any atom is 0.255 e. The molecule has 3 N–H and O–H groups in total. The molecule has 1 fully saturated rings. The van der Waals surface area contributed by atoms with Crippen LogP contribution in [0.3, 0.4) is 0 Å². The number of nitrogens with one attached hydrogen (secondary N) is 1. The van der Waals surface area contributed by atoms with Crippen LogP contribution in [0, 0.1) is 0 Å². The van der Waals surface area contributed by atoms with Crippen LogP contribution in [0.5, 0.6) is 0 Å². The summed E-state index contributed by atoms with van der Waals surface area (Å²) < 4.78 is 0. The Morgan fingerprint density at radius 1 is 1.47 bits per heavy atom. The molecule has 17 heavy (non-hydrogen) atoms.